The number of aromatic nitrogens is 2. The van der Waals surface area contributed by atoms with Crippen LogP contribution < -0.4 is 10.2 Å². The first-order valence-electron chi connectivity index (χ1n) is 7.24. The van der Waals surface area contributed by atoms with Gasteiger partial charge in [-0.05, 0) is 17.7 Å². The molecular formula is C17H14N4O2S. The lowest BCUT2D eigenvalue weighted by Gasteiger charge is -2.19. The van der Waals surface area contributed by atoms with Gasteiger partial charge in [0, 0.05) is 17.2 Å². The number of anilines is 2. The third-order valence-electron chi connectivity index (χ3n) is 3.25. The highest BCUT2D eigenvalue weighted by Gasteiger charge is 2.25. The summed E-state index contributed by atoms with van der Waals surface area (Å²) in [5, 5.41) is 6.81. The molecule has 0 saturated heterocycles. The van der Waals surface area contributed by atoms with Gasteiger partial charge < -0.3 is 5.32 Å². The van der Waals surface area contributed by atoms with Gasteiger partial charge in [0.2, 0.25) is 5.91 Å². The van der Waals surface area contributed by atoms with Crippen LogP contribution in [0, 0.1) is 0 Å². The van der Waals surface area contributed by atoms with Gasteiger partial charge in [-0.3, -0.25) is 4.79 Å². The van der Waals surface area contributed by atoms with Gasteiger partial charge in [0.25, 0.3) is 0 Å². The fourth-order valence-corrected chi connectivity index (χ4v) is 2.69. The van der Waals surface area contributed by atoms with E-state index in [-0.39, 0.29) is 12.3 Å². The van der Waals surface area contributed by atoms with Crippen molar-refractivity contribution in [3.63, 3.8) is 0 Å². The van der Waals surface area contributed by atoms with Crippen molar-refractivity contribution in [3.8, 4) is 0 Å². The summed E-state index contributed by atoms with van der Waals surface area (Å²) in [6.45, 7) is 0. The molecule has 24 heavy (non-hydrogen) atoms. The first-order valence-corrected chi connectivity index (χ1v) is 8.01. The molecule has 7 heteroatoms. The van der Waals surface area contributed by atoms with Crippen LogP contribution >= 0.6 is 11.5 Å². The van der Waals surface area contributed by atoms with Gasteiger partial charge in [0.1, 0.15) is 5.00 Å². The van der Waals surface area contributed by atoms with E-state index in [1.807, 2.05) is 36.4 Å². The highest BCUT2D eigenvalue weighted by molar-refractivity contribution is 7.10. The zero-order valence-corrected chi connectivity index (χ0v) is 13.4. The fourth-order valence-electron chi connectivity index (χ4n) is 2.15. The Bertz CT molecular complexity index is 754. The van der Waals surface area contributed by atoms with Gasteiger partial charge in [-0.2, -0.15) is 0 Å². The van der Waals surface area contributed by atoms with E-state index in [2.05, 4.69) is 14.9 Å². The summed E-state index contributed by atoms with van der Waals surface area (Å²) in [4.78, 5) is 26.3. The van der Waals surface area contributed by atoms with Crippen LogP contribution in [0.4, 0.5) is 15.5 Å². The van der Waals surface area contributed by atoms with Gasteiger partial charge in [0.15, 0.2) is 0 Å². The van der Waals surface area contributed by atoms with Crippen molar-refractivity contribution in [1.82, 2.24) is 9.59 Å². The third-order valence-corrected chi connectivity index (χ3v) is 3.90. The molecule has 6 nitrogen and oxygen atoms in total. The zero-order valence-electron chi connectivity index (χ0n) is 12.6. The Kier molecular flexibility index (Phi) is 4.93. The van der Waals surface area contributed by atoms with Crippen LogP contribution in [0.15, 0.2) is 66.9 Å². The SMILES string of the molecule is O=C(Cc1ccccc1)N(C(=O)Nc1ccccc1)c1cnns1. The van der Waals surface area contributed by atoms with Crippen LogP contribution in [-0.4, -0.2) is 21.5 Å². The number of para-hydroxylation sites is 1. The molecule has 2 aromatic carbocycles. The lowest BCUT2D eigenvalue weighted by atomic mass is 10.1. The molecule has 0 atom stereocenters. The molecular weight excluding hydrogens is 324 g/mol. The molecule has 3 aromatic rings. The van der Waals surface area contributed by atoms with Crippen LogP contribution in [0.2, 0.25) is 0 Å². The maximum absolute atomic E-state index is 12.7. The van der Waals surface area contributed by atoms with Crippen molar-refractivity contribution in [2.24, 2.45) is 0 Å². The van der Waals surface area contributed by atoms with E-state index in [9.17, 15) is 9.59 Å². The molecule has 0 aliphatic rings. The molecule has 120 valence electrons. The topological polar surface area (TPSA) is 75.2 Å². The van der Waals surface area contributed by atoms with E-state index in [4.69, 9.17) is 0 Å². The number of imide groups is 1. The van der Waals surface area contributed by atoms with E-state index in [0.29, 0.717) is 10.7 Å². The van der Waals surface area contributed by atoms with E-state index >= 15 is 0 Å². The summed E-state index contributed by atoms with van der Waals surface area (Å²) < 4.78 is 3.74. The predicted molar refractivity (Wildman–Crippen MR) is 93.0 cm³/mol. The lowest BCUT2D eigenvalue weighted by molar-refractivity contribution is -0.117. The minimum atomic E-state index is -0.534. The average molecular weight is 338 g/mol. The van der Waals surface area contributed by atoms with Gasteiger partial charge >= 0.3 is 6.03 Å². The molecule has 3 amide bonds. The molecule has 3 rings (SSSR count). The van der Waals surface area contributed by atoms with E-state index in [1.165, 1.54) is 6.20 Å². The largest absolute Gasteiger partial charge is 0.333 e. The number of urea groups is 1. The van der Waals surface area contributed by atoms with Crippen LogP contribution in [0.3, 0.4) is 0 Å². The predicted octanol–water partition coefficient (Wildman–Crippen LogP) is 3.35. The van der Waals surface area contributed by atoms with Crippen molar-refractivity contribution in [2.75, 3.05) is 10.2 Å². The van der Waals surface area contributed by atoms with Crippen LogP contribution in [0.25, 0.3) is 0 Å². The highest BCUT2D eigenvalue weighted by atomic mass is 32.1. The highest BCUT2D eigenvalue weighted by Crippen LogP contribution is 2.20. The Morgan fingerprint density at radius 1 is 1.00 bits per heavy atom. The molecule has 1 aromatic heterocycles. The van der Waals surface area contributed by atoms with Crippen molar-refractivity contribution in [1.29, 1.82) is 0 Å². The molecule has 1 heterocycles. The monoisotopic (exact) mass is 338 g/mol. The standard InChI is InChI=1S/C17H14N4O2S/c22-15(11-13-7-3-1-4-8-13)21(16-12-18-20-24-16)17(23)19-14-9-5-2-6-10-14/h1-10,12H,11H2,(H,19,23). The van der Waals surface area contributed by atoms with E-state index in [1.54, 1.807) is 24.3 Å². The summed E-state index contributed by atoms with van der Waals surface area (Å²) in [7, 11) is 0. The Hall–Kier alpha value is -3.06. The van der Waals surface area contributed by atoms with Gasteiger partial charge in [-0.25, -0.2) is 9.69 Å². The Morgan fingerprint density at radius 3 is 2.29 bits per heavy atom. The molecule has 0 aliphatic carbocycles. The first-order chi connectivity index (χ1) is 11.7. The molecule has 0 bridgehead atoms. The van der Waals surface area contributed by atoms with Crippen LogP contribution in [0.5, 0.6) is 0 Å². The summed E-state index contributed by atoms with van der Waals surface area (Å²) in [6, 6.07) is 17.7. The molecule has 0 spiro atoms. The molecule has 0 saturated carbocycles. The normalized spacial score (nSPS) is 10.2. The zero-order chi connectivity index (χ0) is 16.8. The number of nitrogens with zero attached hydrogens (tertiary/aromatic N) is 3. The number of benzene rings is 2. The Balaban J connectivity index is 1.81. The summed E-state index contributed by atoms with van der Waals surface area (Å²) in [5.41, 5.74) is 1.44. The second kappa shape index (κ2) is 7.47. The lowest BCUT2D eigenvalue weighted by Crippen LogP contribution is -2.40. The molecule has 0 fully saturated rings. The Morgan fingerprint density at radius 2 is 1.67 bits per heavy atom. The number of hydrogen-bond donors (Lipinski definition) is 1. The third kappa shape index (κ3) is 3.82. The van der Waals surface area contributed by atoms with Crippen molar-refractivity contribution >= 4 is 34.2 Å². The second-order valence-electron chi connectivity index (χ2n) is 4.94. The van der Waals surface area contributed by atoms with Crippen molar-refractivity contribution in [2.45, 2.75) is 6.42 Å². The average Bonchev–Trinajstić information content (AvgIpc) is 3.11. The number of nitrogens with one attached hydrogen (secondary N) is 1. The smallest absolute Gasteiger partial charge is 0.307 e. The molecule has 0 aliphatic heterocycles. The summed E-state index contributed by atoms with van der Waals surface area (Å²) >= 11 is 0.992. The molecule has 0 unspecified atom stereocenters. The first kappa shape index (κ1) is 15.8. The van der Waals surface area contributed by atoms with Crippen molar-refractivity contribution < 1.29 is 9.59 Å². The van der Waals surface area contributed by atoms with Gasteiger partial charge in [0.05, 0.1) is 12.6 Å². The number of hydrogen-bond acceptors (Lipinski definition) is 5. The molecule has 0 radical (unpaired) electrons. The van der Waals surface area contributed by atoms with Crippen LogP contribution in [0.1, 0.15) is 5.56 Å². The fraction of sp³-hybridized carbons (Fsp3) is 0.0588. The van der Waals surface area contributed by atoms with E-state index < -0.39 is 6.03 Å². The number of rotatable bonds is 4. The maximum Gasteiger partial charge on any atom is 0.333 e. The molecule has 1 N–H and O–H groups in total. The quantitative estimate of drug-likeness (QED) is 0.791. The number of carbonyl (C=O) groups excluding carboxylic acids is 2. The Labute approximate surface area is 142 Å². The second-order valence-corrected chi connectivity index (χ2v) is 5.71. The van der Waals surface area contributed by atoms with Crippen LogP contribution in [-0.2, 0) is 11.2 Å². The minimum absolute atomic E-state index is 0.112. The number of amides is 3. The maximum atomic E-state index is 12.7. The van der Waals surface area contributed by atoms with Crippen molar-refractivity contribution in [3.05, 3.63) is 72.4 Å². The van der Waals surface area contributed by atoms with E-state index in [0.717, 1.165) is 22.0 Å². The number of carbonyl (C=O) groups is 2. The van der Waals surface area contributed by atoms with Gasteiger partial charge in [-0.1, -0.05) is 53.0 Å². The summed E-state index contributed by atoms with van der Waals surface area (Å²) in [5.74, 6) is -0.347. The minimum Gasteiger partial charge on any atom is -0.307 e. The van der Waals surface area contributed by atoms with Gasteiger partial charge in [-0.15, -0.1) is 5.10 Å². The summed E-state index contributed by atoms with van der Waals surface area (Å²) in [6.07, 6.45) is 1.51.